The van der Waals surface area contributed by atoms with E-state index in [0.717, 1.165) is 25.7 Å². The third-order valence-electron chi connectivity index (χ3n) is 11.3. The lowest BCUT2D eigenvalue weighted by Gasteiger charge is -2.62. The number of hydrogen-bond acceptors (Lipinski definition) is 4. The van der Waals surface area contributed by atoms with Gasteiger partial charge >= 0.3 is 11.9 Å². The van der Waals surface area contributed by atoms with Crippen molar-refractivity contribution in [1.29, 1.82) is 0 Å². The van der Waals surface area contributed by atoms with E-state index in [9.17, 15) is 9.59 Å². The summed E-state index contributed by atoms with van der Waals surface area (Å²) in [6.07, 6.45) is 15.3. The lowest BCUT2D eigenvalue weighted by atomic mass is 9.46. The molecule has 3 fully saturated rings. The van der Waals surface area contributed by atoms with Crippen molar-refractivity contribution in [3.63, 3.8) is 0 Å². The number of ether oxygens (including phenoxy) is 2. The molecule has 3 saturated carbocycles. The SMILES string of the molecule is CC(=O)OC1CCC2(C)C3CCC4(C)C(CCC4C(C)C=CC(C)C(C)C)C3=CCC2(OC(C)=O)C1. The third-order valence-corrected chi connectivity index (χ3v) is 11.3. The topological polar surface area (TPSA) is 52.6 Å². The lowest BCUT2D eigenvalue weighted by molar-refractivity contribution is -0.209. The molecule has 4 heteroatoms. The van der Waals surface area contributed by atoms with Crippen LogP contribution in [-0.4, -0.2) is 23.6 Å². The maximum atomic E-state index is 12.3. The first kappa shape index (κ1) is 27.5. The fraction of sp³-hybridized carbons (Fsp3) is 0.812. The first-order chi connectivity index (χ1) is 16.8. The number of carbonyl (C=O) groups excluding carboxylic acids is 2. The zero-order valence-electron chi connectivity index (χ0n) is 24.1. The molecular formula is C32H50O4. The summed E-state index contributed by atoms with van der Waals surface area (Å²) in [5.74, 6) is 3.20. The van der Waals surface area contributed by atoms with Gasteiger partial charge in [-0.3, -0.25) is 9.59 Å². The van der Waals surface area contributed by atoms with Gasteiger partial charge in [0, 0.05) is 32.1 Å². The monoisotopic (exact) mass is 498 g/mol. The molecule has 0 N–H and O–H groups in total. The summed E-state index contributed by atoms with van der Waals surface area (Å²) in [6.45, 7) is 17.3. The number of hydrogen-bond donors (Lipinski definition) is 0. The second-order valence-corrected chi connectivity index (χ2v) is 13.6. The number of allylic oxidation sites excluding steroid dienone is 3. The van der Waals surface area contributed by atoms with Crippen LogP contribution in [0.15, 0.2) is 23.8 Å². The Balaban J connectivity index is 1.61. The predicted octanol–water partition coefficient (Wildman–Crippen LogP) is 7.67. The van der Waals surface area contributed by atoms with Crippen LogP contribution in [0.4, 0.5) is 0 Å². The molecule has 202 valence electrons. The van der Waals surface area contributed by atoms with E-state index in [2.05, 4.69) is 59.8 Å². The van der Waals surface area contributed by atoms with E-state index in [0.29, 0.717) is 47.3 Å². The normalized spacial score (nSPS) is 41.6. The van der Waals surface area contributed by atoms with Crippen LogP contribution in [0.25, 0.3) is 0 Å². The van der Waals surface area contributed by atoms with E-state index in [1.165, 1.54) is 33.1 Å². The molecule has 9 unspecified atom stereocenters. The Labute approximate surface area is 219 Å². The first-order valence-corrected chi connectivity index (χ1v) is 14.6. The highest BCUT2D eigenvalue weighted by molar-refractivity contribution is 5.67. The van der Waals surface area contributed by atoms with Crippen molar-refractivity contribution in [2.75, 3.05) is 0 Å². The molecular weight excluding hydrogens is 448 g/mol. The second-order valence-electron chi connectivity index (χ2n) is 13.6. The standard InChI is InChI=1S/C32H50O4/c1-20(2)21(3)9-10-22(4)27-11-12-28-26-14-18-32(36-24(6)34)19-25(35-23(5)33)13-17-31(32,8)29(26)15-16-30(27,28)7/h9-10,14,20-22,25,27-29H,11-13,15-19H2,1-8H3. The number of carbonyl (C=O) groups is 2. The van der Waals surface area contributed by atoms with Gasteiger partial charge in [0.1, 0.15) is 11.7 Å². The van der Waals surface area contributed by atoms with Gasteiger partial charge in [-0.1, -0.05) is 65.3 Å². The van der Waals surface area contributed by atoms with Crippen LogP contribution in [0.1, 0.15) is 107 Å². The second kappa shape index (κ2) is 9.95. The third kappa shape index (κ3) is 4.60. The van der Waals surface area contributed by atoms with Gasteiger partial charge in [0.15, 0.2) is 0 Å². The fourth-order valence-corrected chi connectivity index (χ4v) is 8.87. The Bertz CT molecular complexity index is 917. The van der Waals surface area contributed by atoms with Crippen molar-refractivity contribution < 1.29 is 19.1 Å². The van der Waals surface area contributed by atoms with Crippen molar-refractivity contribution >= 4 is 11.9 Å². The molecule has 0 aliphatic heterocycles. The van der Waals surface area contributed by atoms with Gasteiger partial charge in [0.2, 0.25) is 0 Å². The quantitative estimate of drug-likeness (QED) is 0.278. The maximum Gasteiger partial charge on any atom is 0.303 e. The van der Waals surface area contributed by atoms with Crippen LogP contribution < -0.4 is 0 Å². The Morgan fingerprint density at radius 3 is 2.31 bits per heavy atom. The van der Waals surface area contributed by atoms with E-state index in [1.807, 2.05) is 0 Å². The van der Waals surface area contributed by atoms with E-state index in [4.69, 9.17) is 9.47 Å². The first-order valence-electron chi connectivity index (χ1n) is 14.6. The molecule has 0 aromatic rings. The Morgan fingerprint density at radius 1 is 0.944 bits per heavy atom. The lowest BCUT2D eigenvalue weighted by Crippen LogP contribution is -2.61. The van der Waals surface area contributed by atoms with Crippen LogP contribution in [0.3, 0.4) is 0 Å². The molecule has 0 heterocycles. The van der Waals surface area contributed by atoms with Gasteiger partial charge < -0.3 is 9.47 Å². The van der Waals surface area contributed by atoms with Gasteiger partial charge in [-0.15, -0.1) is 0 Å². The minimum atomic E-state index is -0.583. The van der Waals surface area contributed by atoms with Gasteiger partial charge in [-0.25, -0.2) is 0 Å². The Kier molecular flexibility index (Phi) is 7.59. The van der Waals surface area contributed by atoms with Crippen molar-refractivity contribution in [3.05, 3.63) is 23.8 Å². The van der Waals surface area contributed by atoms with Crippen LogP contribution in [0.2, 0.25) is 0 Å². The molecule has 0 bridgehead atoms. The van der Waals surface area contributed by atoms with E-state index in [1.54, 1.807) is 5.57 Å². The molecule has 36 heavy (non-hydrogen) atoms. The highest BCUT2D eigenvalue weighted by Gasteiger charge is 2.64. The molecule has 0 spiro atoms. The molecule has 4 aliphatic carbocycles. The van der Waals surface area contributed by atoms with E-state index < -0.39 is 5.60 Å². The summed E-state index contributed by atoms with van der Waals surface area (Å²) < 4.78 is 11.9. The zero-order chi connectivity index (χ0) is 26.5. The molecule has 9 atom stereocenters. The summed E-state index contributed by atoms with van der Waals surface area (Å²) in [6, 6.07) is 0. The van der Waals surface area contributed by atoms with Gasteiger partial charge in [0.25, 0.3) is 0 Å². The molecule has 0 saturated heterocycles. The van der Waals surface area contributed by atoms with Crippen molar-refractivity contribution in [2.24, 2.45) is 46.3 Å². The van der Waals surface area contributed by atoms with Gasteiger partial charge in [0.05, 0.1) is 0 Å². The zero-order valence-corrected chi connectivity index (χ0v) is 24.1. The summed E-state index contributed by atoms with van der Waals surface area (Å²) in [7, 11) is 0. The van der Waals surface area contributed by atoms with Crippen LogP contribution in [0, 0.1) is 46.3 Å². The summed E-state index contributed by atoms with van der Waals surface area (Å²) in [5.41, 5.74) is 1.28. The van der Waals surface area contributed by atoms with Crippen LogP contribution in [0.5, 0.6) is 0 Å². The minimum absolute atomic E-state index is 0.114. The smallest absolute Gasteiger partial charge is 0.303 e. The summed E-state index contributed by atoms with van der Waals surface area (Å²) >= 11 is 0. The largest absolute Gasteiger partial charge is 0.462 e. The molecule has 0 amide bonds. The van der Waals surface area contributed by atoms with E-state index >= 15 is 0 Å². The summed E-state index contributed by atoms with van der Waals surface area (Å²) in [5, 5.41) is 0. The van der Waals surface area contributed by atoms with Crippen LogP contribution in [-0.2, 0) is 19.1 Å². The Hall–Kier alpha value is -1.58. The molecule has 4 rings (SSSR count). The predicted molar refractivity (Wildman–Crippen MR) is 144 cm³/mol. The number of fused-ring (bicyclic) bond motifs is 5. The average molecular weight is 499 g/mol. The highest BCUT2D eigenvalue weighted by atomic mass is 16.6. The number of rotatable bonds is 6. The van der Waals surface area contributed by atoms with Crippen molar-refractivity contribution in [3.8, 4) is 0 Å². The molecule has 4 aliphatic rings. The van der Waals surface area contributed by atoms with Gasteiger partial charge in [-0.05, 0) is 79.4 Å². The van der Waals surface area contributed by atoms with Crippen molar-refractivity contribution in [2.45, 2.75) is 118 Å². The average Bonchev–Trinajstić information content (AvgIpc) is 3.14. The fourth-order valence-electron chi connectivity index (χ4n) is 8.87. The molecule has 0 aromatic heterocycles. The highest BCUT2D eigenvalue weighted by Crippen LogP contribution is 2.68. The van der Waals surface area contributed by atoms with Gasteiger partial charge in [-0.2, -0.15) is 0 Å². The van der Waals surface area contributed by atoms with Crippen molar-refractivity contribution in [1.82, 2.24) is 0 Å². The Morgan fingerprint density at radius 2 is 1.67 bits per heavy atom. The minimum Gasteiger partial charge on any atom is -0.462 e. The molecule has 0 aromatic carbocycles. The molecule has 0 radical (unpaired) electrons. The van der Waals surface area contributed by atoms with E-state index in [-0.39, 0.29) is 23.5 Å². The maximum absolute atomic E-state index is 12.3. The molecule has 4 nitrogen and oxygen atoms in total. The summed E-state index contributed by atoms with van der Waals surface area (Å²) in [4.78, 5) is 24.1. The van der Waals surface area contributed by atoms with Crippen LogP contribution >= 0.6 is 0 Å². The number of esters is 2.